The van der Waals surface area contributed by atoms with Crippen LogP contribution in [0, 0.1) is 11.7 Å². The summed E-state index contributed by atoms with van der Waals surface area (Å²) in [5.41, 5.74) is 1.16. The molecule has 1 fully saturated rings. The van der Waals surface area contributed by atoms with Gasteiger partial charge in [0.05, 0.1) is 17.9 Å². The molecule has 3 atom stereocenters. The van der Waals surface area contributed by atoms with Crippen LogP contribution in [-0.2, 0) is 4.74 Å². The molecule has 19 heavy (non-hydrogen) atoms. The van der Waals surface area contributed by atoms with Gasteiger partial charge in [-0.15, -0.1) is 0 Å². The zero-order valence-electron chi connectivity index (χ0n) is 11.8. The highest BCUT2D eigenvalue weighted by atomic mass is 19.1. The number of rotatable bonds is 3. The third-order valence-corrected chi connectivity index (χ3v) is 3.98. The normalized spacial score (nSPS) is 25.4. The van der Waals surface area contributed by atoms with E-state index in [2.05, 4.69) is 6.92 Å². The van der Waals surface area contributed by atoms with Gasteiger partial charge in [-0.05, 0) is 25.3 Å². The van der Waals surface area contributed by atoms with E-state index in [-0.39, 0.29) is 11.9 Å². The quantitative estimate of drug-likeness (QED) is 0.914. The first kappa shape index (κ1) is 14.3. The van der Waals surface area contributed by atoms with Crippen molar-refractivity contribution in [1.29, 1.82) is 0 Å². The van der Waals surface area contributed by atoms with Crippen molar-refractivity contribution < 1.29 is 14.2 Å². The van der Waals surface area contributed by atoms with E-state index < -0.39 is 6.10 Å². The molecule has 1 aliphatic rings. The average molecular weight is 267 g/mol. The molecule has 0 bridgehead atoms. The summed E-state index contributed by atoms with van der Waals surface area (Å²) >= 11 is 0. The minimum absolute atomic E-state index is 0.107. The van der Waals surface area contributed by atoms with Gasteiger partial charge in [0.15, 0.2) is 0 Å². The molecule has 1 heterocycles. The molecule has 106 valence electrons. The predicted octanol–water partition coefficient (Wildman–Crippen LogP) is 2.74. The molecule has 0 amide bonds. The number of aliphatic hydroxyl groups excluding tert-OH is 1. The monoisotopic (exact) mass is 267 g/mol. The Morgan fingerprint density at radius 2 is 2.21 bits per heavy atom. The number of anilines is 1. The number of ether oxygens (including phenoxy) is 1. The SMILES string of the molecule is COC1CN(c2c(F)cccc2[C@@H](C)O)CCC1C. The summed E-state index contributed by atoms with van der Waals surface area (Å²) in [5, 5.41) is 9.81. The molecule has 2 unspecified atom stereocenters. The van der Waals surface area contributed by atoms with Gasteiger partial charge in [0.2, 0.25) is 0 Å². The van der Waals surface area contributed by atoms with Gasteiger partial charge in [-0.2, -0.15) is 0 Å². The first-order valence-corrected chi connectivity index (χ1v) is 6.78. The highest BCUT2D eigenvalue weighted by Gasteiger charge is 2.29. The van der Waals surface area contributed by atoms with Crippen LogP contribution >= 0.6 is 0 Å². The van der Waals surface area contributed by atoms with Gasteiger partial charge in [-0.1, -0.05) is 19.1 Å². The van der Waals surface area contributed by atoms with E-state index in [1.54, 1.807) is 26.2 Å². The summed E-state index contributed by atoms with van der Waals surface area (Å²) in [6, 6.07) is 4.87. The summed E-state index contributed by atoms with van der Waals surface area (Å²) in [4.78, 5) is 1.99. The fourth-order valence-electron chi connectivity index (χ4n) is 2.75. The summed E-state index contributed by atoms with van der Waals surface area (Å²) in [7, 11) is 1.70. The second-order valence-electron chi connectivity index (χ2n) is 5.34. The van der Waals surface area contributed by atoms with E-state index in [1.165, 1.54) is 6.07 Å². The van der Waals surface area contributed by atoms with Crippen LogP contribution in [0.4, 0.5) is 10.1 Å². The molecule has 0 spiro atoms. The van der Waals surface area contributed by atoms with Crippen LogP contribution in [0.25, 0.3) is 0 Å². The van der Waals surface area contributed by atoms with Crippen molar-refractivity contribution in [3.63, 3.8) is 0 Å². The second kappa shape index (κ2) is 5.88. The number of hydrogen-bond acceptors (Lipinski definition) is 3. The third-order valence-electron chi connectivity index (χ3n) is 3.98. The Morgan fingerprint density at radius 1 is 1.47 bits per heavy atom. The maximum absolute atomic E-state index is 14.1. The lowest BCUT2D eigenvalue weighted by atomic mass is 9.94. The number of hydrogen-bond donors (Lipinski definition) is 1. The van der Waals surface area contributed by atoms with E-state index in [0.29, 0.717) is 23.7 Å². The van der Waals surface area contributed by atoms with Crippen molar-refractivity contribution in [1.82, 2.24) is 0 Å². The number of benzene rings is 1. The zero-order valence-corrected chi connectivity index (χ0v) is 11.8. The van der Waals surface area contributed by atoms with Crippen molar-refractivity contribution in [2.45, 2.75) is 32.5 Å². The molecule has 1 aromatic rings. The van der Waals surface area contributed by atoms with Crippen molar-refractivity contribution >= 4 is 5.69 Å². The van der Waals surface area contributed by atoms with Crippen LogP contribution in [0.15, 0.2) is 18.2 Å². The van der Waals surface area contributed by atoms with Crippen LogP contribution in [0.1, 0.15) is 31.9 Å². The summed E-state index contributed by atoms with van der Waals surface area (Å²) in [6.07, 6.45) is 0.396. The second-order valence-corrected chi connectivity index (χ2v) is 5.34. The minimum atomic E-state index is -0.675. The fraction of sp³-hybridized carbons (Fsp3) is 0.600. The van der Waals surface area contributed by atoms with Crippen LogP contribution < -0.4 is 4.90 Å². The third kappa shape index (κ3) is 2.90. The van der Waals surface area contributed by atoms with E-state index >= 15 is 0 Å². The molecule has 0 aromatic heterocycles. The fourth-order valence-corrected chi connectivity index (χ4v) is 2.75. The Hall–Kier alpha value is -1.13. The molecule has 2 rings (SSSR count). The lowest BCUT2D eigenvalue weighted by molar-refractivity contribution is 0.0495. The maximum Gasteiger partial charge on any atom is 0.146 e. The van der Waals surface area contributed by atoms with Crippen LogP contribution in [0.2, 0.25) is 0 Å². The van der Waals surface area contributed by atoms with Gasteiger partial charge >= 0.3 is 0 Å². The number of para-hydroxylation sites is 1. The zero-order chi connectivity index (χ0) is 14.0. The molecule has 0 radical (unpaired) electrons. The molecular weight excluding hydrogens is 245 g/mol. The average Bonchev–Trinajstić information content (AvgIpc) is 2.39. The van der Waals surface area contributed by atoms with Gasteiger partial charge in [0.1, 0.15) is 5.82 Å². The van der Waals surface area contributed by atoms with E-state index in [4.69, 9.17) is 4.74 Å². The molecular formula is C15H22FNO2. The lowest BCUT2D eigenvalue weighted by Gasteiger charge is -2.38. The Morgan fingerprint density at radius 3 is 2.84 bits per heavy atom. The molecule has 1 saturated heterocycles. The van der Waals surface area contributed by atoms with Gasteiger partial charge in [-0.25, -0.2) is 4.39 Å². The Balaban J connectivity index is 2.31. The predicted molar refractivity (Wildman–Crippen MR) is 73.8 cm³/mol. The highest BCUT2D eigenvalue weighted by Crippen LogP contribution is 2.32. The minimum Gasteiger partial charge on any atom is -0.389 e. The highest BCUT2D eigenvalue weighted by molar-refractivity contribution is 5.56. The van der Waals surface area contributed by atoms with Gasteiger partial charge in [0, 0.05) is 25.8 Å². The molecule has 1 aromatic carbocycles. The van der Waals surface area contributed by atoms with Crippen LogP contribution in [0.5, 0.6) is 0 Å². The Bertz CT molecular complexity index is 436. The molecule has 1 N–H and O–H groups in total. The van der Waals surface area contributed by atoms with Crippen molar-refractivity contribution in [2.24, 2.45) is 5.92 Å². The first-order valence-electron chi connectivity index (χ1n) is 6.78. The number of nitrogens with zero attached hydrogens (tertiary/aromatic N) is 1. The smallest absolute Gasteiger partial charge is 0.146 e. The van der Waals surface area contributed by atoms with Gasteiger partial charge in [0.25, 0.3) is 0 Å². The maximum atomic E-state index is 14.1. The molecule has 0 saturated carbocycles. The van der Waals surface area contributed by atoms with Gasteiger partial charge in [-0.3, -0.25) is 0 Å². The number of piperidine rings is 1. The van der Waals surface area contributed by atoms with Crippen LogP contribution in [-0.4, -0.2) is 31.4 Å². The van der Waals surface area contributed by atoms with Crippen LogP contribution in [0.3, 0.4) is 0 Å². The summed E-state index contributed by atoms with van der Waals surface area (Å²) < 4.78 is 19.6. The number of halogens is 1. The van der Waals surface area contributed by atoms with Gasteiger partial charge < -0.3 is 14.7 Å². The molecule has 1 aliphatic heterocycles. The number of aliphatic hydroxyl groups is 1. The molecule has 4 heteroatoms. The number of methoxy groups -OCH3 is 1. The van der Waals surface area contributed by atoms with E-state index in [1.807, 2.05) is 4.90 Å². The molecule has 3 nitrogen and oxygen atoms in total. The van der Waals surface area contributed by atoms with Crippen molar-refractivity contribution in [3.8, 4) is 0 Å². The molecule has 0 aliphatic carbocycles. The van der Waals surface area contributed by atoms with E-state index in [9.17, 15) is 9.50 Å². The standard InChI is InChI=1S/C15H22FNO2/c1-10-7-8-17(9-14(10)19-3)15-12(11(2)18)5-4-6-13(15)16/h4-6,10-11,14,18H,7-9H2,1-3H3/t10?,11-,14?/m1/s1. The Kier molecular flexibility index (Phi) is 4.42. The topological polar surface area (TPSA) is 32.7 Å². The van der Waals surface area contributed by atoms with Crippen molar-refractivity contribution in [3.05, 3.63) is 29.6 Å². The first-order chi connectivity index (χ1) is 9.04. The largest absolute Gasteiger partial charge is 0.389 e. The summed E-state index contributed by atoms with van der Waals surface area (Å²) in [5.74, 6) is 0.200. The van der Waals surface area contributed by atoms with E-state index in [0.717, 1.165) is 13.0 Å². The lowest BCUT2D eigenvalue weighted by Crippen LogP contribution is -2.44. The van der Waals surface area contributed by atoms with Crippen molar-refractivity contribution in [2.75, 3.05) is 25.1 Å². The Labute approximate surface area is 114 Å². The summed E-state index contributed by atoms with van der Waals surface area (Å²) in [6.45, 7) is 5.28.